The van der Waals surface area contributed by atoms with Crippen LogP contribution in [0.5, 0.6) is 5.75 Å². The minimum atomic E-state index is -0.0188. The molecule has 1 aromatic carbocycles. The monoisotopic (exact) mass is 324 g/mol. The van der Waals surface area contributed by atoms with Crippen molar-refractivity contribution in [3.8, 4) is 5.75 Å². The number of amides is 1. The van der Waals surface area contributed by atoms with E-state index in [0.29, 0.717) is 6.54 Å². The van der Waals surface area contributed by atoms with Gasteiger partial charge in [0.2, 0.25) is 11.0 Å². The van der Waals surface area contributed by atoms with Crippen LogP contribution in [-0.2, 0) is 4.79 Å². The number of thioether (sulfide) groups is 1. The number of ether oxygens (including phenoxy) is 1. The molecule has 0 radical (unpaired) electrons. The Morgan fingerprint density at radius 1 is 1.33 bits per heavy atom. The highest BCUT2D eigenvalue weighted by molar-refractivity contribution is 8.01. The molecule has 0 saturated carbocycles. The Bertz CT molecular complexity index is 586. The van der Waals surface area contributed by atoms with E-state index in [1.54, 1.807) is 18.9 Å². The van der Waals surface area contributed by atoms with Crippen molar-refractivity contribution in [1.29, 1.82) is 0 Å². The van der Waals surface area contributed by atoms with Crippen LogP contribution in [0.4, 0.5) is 10.8 Å². The molecule has 0 aliphatic carbocycles. The SMILES string of the molecule is COc1ccc(Nc2nnc(SCCNC(C)=O)s2)cc1. The molecule has 0 unspecified atom stereocenters. The fourth-order valence-electron chi connectivity index (χ4n) is 1.48. The summed E-state index contributed by atoms with van der Waals surface area (Å²) in [6.07, 6.45) is 0. The average Bonchev–Trinajstić information content (AvgIpc) is 2.92. The van der Waals surface area contributed by atoms with E-state index in [1.807, 2.05) is 24.3 Å². The second-order valence-electron chi connectivity index (χ2n) is 4.06. The molecule has 1 amide bonds. The lowest BCUT2D eigenvalue weighted by molar-refractivity contribution is -0.118. The minimum Gasteiger partial charge on any atom is -0.497 e. The average molecular weight is 324 g/mol. The van der Waals surface area contributed by atoms with E-state index in [9.17, 15) is 4.79 Å². The van der Waals surface area contributed by atoms with Crippen LogP contribution >= 0.6 is 23.1 Å². The van der Waals surface area contributed by atoms with Crippen molar-refractivity contribution in [1.82, 2.24) is 15.5 Å². The number of hydrogen-bond donors (Lipinski definition) is 2. The molecule has 6 nitrogen and oxygen atoms in total. The van der Waals surface area contributed by atoms with Crippen LogP contribution in [0.25, 0.3) is 0 Å². The van der Waals surface area contributed by atoms with E-state index in [4.69, 9.17) is 4.74 Å². The molecule has 2 N–H and O–H groups in total. The van der Waals surface area contributed by atoms with Crippen molar-refractivity contribution in [3.05, 3.63) is 24.3 Å². The first-order valence-electron chi connectivity index (χ1n) is 6.29. The van der Waals surface area contributed by atoms with E-state index >= 15 is 0 Å². The van der Waals surface area contributed by atoms with Crippen molar-refractivity contribution >= 4 is 39.8 Å². The maximum absolute atomic E-state index is 10.7. The van der Waals surface area contributed by atoms with Crippen LogP contribution in [0.15, 0.2) is 28.6 Å². The Balaban J connectivity index is 1.83. The lowest BCUT2D eigenvalue weighted by Crippen LogP contribution is -2.22. The van der Waals surface area contributed by atoms with E-state index in [0.717, 1.165) is 26.7 Å². The highest BCUT2D eigenvalue weighted by Gasteiger charge is 2.05. The first-order chi connectivity index (χ1) is 10.2. The van der Waals surface area contributed by atoms with Gasteiger partial charge in [-0.05, 0) is 24.3 Å². The van der Waals surface area contributed by atoms with E-state index in [-0.39, 0.29) is 5.91 Å². The second-order valence-corrected chi connectivity index (χ2v) is 6.38. The molecule has 2 rings (SSSR count). The number of methoxy groups -OCH3 is 1. The molecule has 0 fully saturated rings. The summed E-state index contributed by atoms with van der Waals surface area (Å²) < 4.78 is 5.98. The molecule has 1 heterocycles. The van der Waals surface area contributed by atoms with E-state index < -0.39 is 0 Å². The van der Waals surface area contributed by atoms with Crippen LogP contribution in [0, 0.1) is 0 Å². The molecule has 112 valence electrons. The number of aromatic nitrogens is 2. The molecule has 0 saturated heterocycles. The quantitative estimate of drug-likeness (QED) is 0.602. The van der Waals surface area contributed by atoms with Gasteiger partial charge in [0, 0.05) is 24.9 Å². The molecule has 0 bridgehead atoms. The lowest BCUT2D eigenvalue weighted by Gasteiger charge is -2.03. The van der Waals surface area contributed by atoms with Crippen LogP contribution in [0.1, 0.15) is 6.92 Å². The fraction of sp³-hybridized carbons (Fsp3) is 0.308. The normalized spacial score (nSPS) is 10.2. The zero-order valence-electron chi connectivity index (χ0n) is 11.8. The van der Waals surface area contributed by atoms with Crippen LogP contribution in [-0.4, -0.2) is 35.5 Å². The second kappa shape index (κ2) is 7.84. The largest absolute Gasteiger partial charge is 0.497 e. The number of nitrogens with zero attached hydrogens (tertiary/aromatic N) is 2. The number of nitrogens with one attached hydrogen (secondary N) is 2. The molecule has 8 heteroatoms. The maximum atomic E-state index is 10.7. The third-order valence-corrected chi connectivity index (χ3v) is 4.42. The van der Waals surface area contributed by atoms with Gasteiger partial charge in [0.25, 0.3) is 0 Å². The number of carbonyl (C=O) groups excluding carboxylic acids is 1. The van der Waals surface area contributed by atoms with Crippen LogP contribution in [0.2, 0.25) is 0 Å². The van der Waals surface area contributed by atoms with E-state index in [1.165, 1.54) is 18.3 Å². The Morgan fingerprint density at radius 2 is 2.10 bits per heavy atom. The standard InChI is InChI=1S/C13H16N4O2S2/c1-9(18)14-7-8-20-13-17-16-12(21-13)15-10-3-5-11(19-2)6-4-10/h3-6H,7-8H2,1-2H3,(H,14,18)(H,15,16). The van der Waals surface area contributed by atoms with Gasteiger partial charge in [-0.3, -0.25) is 4.79 Å². The summed E-state index contributed by atoms with van der Waals surface area (Å²) in [6.45, 7) is 2.13. The predicted molar refractivity (Wildman–Crippen MR) is 85.6 cm³/mol. The number of anilines is 2. The van der Waals surface area contributed by atoms with Crippen molar-refractivity contribution in [3.63, 3.8) is 0 Å². The Morgan fingerprint density at radius 3 is 2.76 bits per heavy atom. The number of hydrogen-bond acceptors (Lipinski definition) is 7. The molecule has 0 aliphatic rings. The summed E-state index contributed by atoms with van der Waals surface area (Å²) in [5.74, 6) is 1.57. The lowest BCUT2D eigenvalue weighted by atomic mass is 10.3. The van der Waals surface area contributed by atoms with Gasteiger partial charge in [0.05, 0.1) is 7.11 Å². The molecule has 1 aromatic heterocycles. The van der Waals surface area contributed by atoms with Crippen molar-refractivity contribution in [2.24, 2.45) is 0 Å². The van der Waals surface area contributed by atoms with Gasteiger partial charge in [-0.25, -0.2) is 0 Å². The summed E-state index contributed by atoms with van der Waals surface area (Å²) >= 11 is 3.05. The molecule has 0 atom stereocenters. The molecule has 0 spiro atoms. The Kier molecular flexibility index (Phi) is 5.82. The van der Waals surface area contributed by atoms with Crippen LogP contribution < -0.4 is 15.4 Å². The highest BCUT2D eigenvalue weighted by Crippen LogP contribution is 2.27. The molecule has 2 aromatic rings. The summed E-state index contributed by atoms with van der Waals surface area (Å²) in [7, 11) is 1.64. The highest BCUT2D eigenvalue weighted by atomic mass is 32.2. The zero-order chi connectivity index (χ0) is 15.1. The Hall–Kier alpha value is -1.80. The van der Waals surface area contributed by atoms with Gasteiger partial charge in [0.15, 0.2) is 4.34 Å². The van der Waals surface area contributed by atoms with Crippen molar-refractivity contribution in [2.75, 3.05) is 24.7 Å². The van der Waals surface area contributed by atoms with Gasteiger partial charge in [-0.15, -0.1) is 10.2 Å². The summed E-state index contributed by atoms with van der Waals surface area (Å²) in [5, 5.41) is 14.9. The topological polar surface area (TPSA) is 76.1 Å². The number of carbonyl (C=O) groups is 1. The Labute approximate surface area is 131 Å². The van der Waals surface area contributed by atoms with Crippen LogP contribution in [0.3, 0.4) is 0 Å². The van der Waals surface area contributed by atoms with Gasteiger partial charge in [0.1, 0.15) is 5.75 Å². The van der Waals surface area contributed by atoms with Gasteiger partial charge >= 0.3 is 0 Å². The van der Waals surface area contributed by atoms with Crippen molar-refractivity contribution in [2.45, 2.75) is 11.3 Å². The third-order valence-electron chi connectivity index (χ3n) is 2.45. The molecular formula is C13H16N4O2S2. The predicted octanol–water partition coefficient (Wildman–Crippen LogP) is 2.52. The fourth-order valence-corrected chi connectivity index (χ4v) is 3.18. The first-order valence-corrected chi connectivity index (χ1v) is 8.09. The van der Waals surface area contributed by atoms with Gasteiger partial charge < -0.3 is 15.4 Å². The minimum absolute atomic E-state index is 0.0188. The zero-order valence-corrected chi connectivity index (χ0v) is 13.4. The van der Waals surface area contributed by atoms with Gasteiger partial charge in [-0.2, -0.15) is 0 Å². The maximum Gasteiger partial charge on any atom is 0.216 e. The number of rotatable bonds is 7. The van der Waals surface area contributed by atoms with E-state index in [2.05, 4.69) is 20.8 Å². The summed E-state index contributed by atoms with van der Waals surface area (Å²) in [4.78, 5) is 10.7. The van der Waals surface area contributed by atoms with Crippen molar-refractivity contribution < 1.29 is 9.53 Å². The smallest absolute Gasteiger partial charge is 0.216 e. The summed E-state index contributed by atoms with van der Waals surface area (Å²) in [5.41, 5.74) is 0.932. The third kappa shape index (κ3) is 5.24. The number of benzene rings is 1. The van der Waals surface area contributed by atoms with Gasteiger partial charge in [-0.1, -0.05) is 23.1 Å². The molecule has 21 heavy (non-hydrogen) atoms. The summed E-state index contributed by atoms with van der Waals surface area (Å²) in [6, 6.07) is 7.60. The molecule has 0 aliphatic heterocycles. The molecular weight excluding hydrogens is 308 g/mol. The first kappa shape index (κ1) is 15.6.